The van der Waals surface area contributed by atoms with Crippen LogP contribution in [0.4, 0.5) is 0 Å². The number of aliphatic hydroxyl groups excluding tert-OH is 2. The summed E-state index contributed by atoms with van der Waals surface area (Å²) < 4.78 is 0. The quantitative estimate of drug-likeness (QED) is 0.694. The maximum atomic E-state index is 12.4. The molecule has 0 aromatic rings. The van der Waals surface area contributed by atoms with Crippen molar-refractivity contribution in [1.29, 1.82) is 0 Å². The Kier molecular flexibility index (Phi) is 4.49. The number of allylic oxidation sites excluding steroid dienone is 4. The first-order valence-corrected chi connectivity index (χ1v) is 10.6. The van der Waals surface area contributed by atoms with Crippen molar-refractivity contribution < 1.29 is 20.1 Å². The maximum Gasteiger partial charge on any atom is 0.190 e. The lowest BCUT2D eigenvalue weighted by Gasteiger charge is -2.60. The first kappa shape index (κ1) is 19.4. The van der Waals surface area contributed by atoms with Crippen LogP contribution in [0.5, 0.6) is 0 Å². The van der Waals surface area contributed by atoms with Gasteiger partial charge in [0.1, 0.15) is 12.2 Å². The number of ketones is 1. The van der Waals surface area contributed by atoms with Gasteiger partial charge in [0.15, 0.2) is 5.78 Å². The average molecular weight is 375 g/mol. The van der Waals surface area contributed by atoms with Crippen LogP contribution in [-0.2, 0) is 4.79 Å². The van der Waals surface area contributed by atoms with Crippen molar-refractivity contribution in [3.05, 3.63) is 23.3 Å². The SMILES string of the molecule is C/C=C1/C=C2CC[C@@H]3[C@H]([C@@H](O)C[C@@]4(C)[C@H]3CC[C@]4(O)C(=O)CO)[C@@]2(C)CC1. The van der Waals surface area contributed by atoms with E-state index in [4.69, 9.17) is 0 Å². The summed E-state index contributed by atoms with van der Waals surface area (Å²) in [5.41, 5.74) is 0.747. The lowest BCUT2D eigenvalue weighted by atomic mass is 9.45. The Morgan fingerprint density at radius 1 is 1.26 bits per heavy atom. The highest BCUT2D eigenvalue weighted by Crippen LogP contribution is 2.67. The van der Waals surface area contributed by atoms with Gasteiger partial charge in [0.25, 0.3) is 0 Å². The van der Waals surface area contributed by atoms with E-state index >= 15 is 0 Å². The Morgan fingerprint density at radius 3 is 2.67 bits per heavy atom. The van der Waals surface area contributed by atoms with Crippen molar-refractivity contribution in [2.45, 2.75) is 77.4 Å². The van der Waals surface area contributed by atoms with Crippen LogP contribution < -0.4 is 0 Å². The van der Waals surface area contributed by atoms with Crippen molar-refractivity contribution >= 4 is 5.78 Å². The maximum absolute atomic E-state index is 12.4. The Bertz CT molecular complexity index is 709. The minimum atomic E-state index is -1.50. The third kappa shape index (κ3) is 2.42. The van der Waals surface area contributed by atoms with Gasteiger partial charge in [-0.05, 0) is 75.0 Å². The smallest absolute Gasteiger partial charge is 0.190 e. The molecule has 3 fully saturated rings. The molecule has 0 amide bonds. The van der Waals surface area contributed by atoms with Gasteiger partial charge in [-0.15, -0.1) is 0 Å². The van der Waals surface area contributed by atoms with E-state index in [1.54, 1.807) is 0 Å². The summed E-state index contributed by atoms with van der Waals surface area (Å²) in [6.07, 6.45) is 9.89. The molecule has 3 saturated carbocycles. The van der Waals surface area contributed by atoms with E-state index in [0.717, 1.165) is 32.1 Å². The van der Waals surface area contributed by atoms with Gasteiger partial charge in [-0.2, -0.15) is 0 Å². The molecule has 4 aliphatic carbocycles. The van der Waals surface area contributed by atoms with E-state index in [2.05, 4.69) is 26.0 Å². The number of aliphatic hydroxyl groups is 3. The molecule has 0 bridgehead atoms. The van der Waals surface area contributed by atoms with Crippen LogP contribution in [-0.4, -0.2) is 39.4 Å². The molecule has 0 aromatic carbocycles. The lowest BCUT2D eigenvalue weighted by molar-refractivity contribution is -0.181. The van der Waals surface area contributed by atoms with Crippen LogP contribution >= 0.6 is 0 Å². The minimum Gasteiger partial charge on any atom is -0.393 e. The van der Waals surface area contributed by atoms with E-state index in [-0.39, 0.29) is 17.3 Å². The van der Waals surface area contributed by atoms with E-state index in [0.29, 0.717) is 18.8 Å². The number of fused-ring (bicyclic) bond motifs is 5. The van der Waals surface area contributed by atoms with Crippen LogP contribution in [0, 0.1) is 28.6 Å². The molecule has 0 aromatic heterocycles. The number of rotatable bonds is 2. The molecule has 4 nitrogen and oxygen atoms in total. The van der Waals surface area contributed by atoms with Gasteiger partial charge >= 0.3 is 0 Å². The molecule has 0 heterocycles. The normalized spacial score (nSPS) is 50.6. The molecule has 4 aliphatic rings. The van der Waals surface area contributed by atoms with Crippen LogP contribution in [0.1, 0.15) is 65.7 Å². The van der Waals surface area contributed by atoms with Crippen molar-refractivity contribution in [1.82, 2.24) is 0 Å². The molecular formula is C23H34O4. The van der Waals surface area contributed by atoms with Crippen LogP contribution in [0.3, 0.4) is 0 Å². The van der Waals surface area contributed by atoms with Crippen molar-refractivity contribution in [3.8, 4) is 0 Å². The molecule has 150 valence electrons. The summed E-state index contributed by atoms with van der Waals surface area (Å²) in [6, 6.07) is 0. The van der Waals surface area contributed by atoms with Gasteiger partial charge in [0, 0.05) is 5.41 Å². The summed E-state index contributed by atoms with van der Waals surface area (Å²) in [6.45, 7) is 5.77. The minimum absolute atomic E-state index is 0.0118. The Hall–Kier alpha value is -0.970. The lowest BCUT2D eigenvalue weighted by Crippen LogP contribution is -2.61. The molecule has 7 atom stereocenters. The highest BCUT2D eigenvalue weighted by molar-refractivity contribution is 5.89. The van der Waals surface area contributed by atoms with Crippen molar-refractivity contribution in [2.75, 3.05) is 6.61 Å². The number of hydrogen-bond donors (Lipinski definition) is 3. The molecule has 0 radical (unpaired) electrons. The summed E-state index contributed by atoms with van der Waals surface area (Å²) >= 11 is 0. The van der Waals surface area contributed by atoms with Gasteiger partial charge in [-0.1, -0.05) is 37.1 Å². The monoisotopic (exact) mass is 374 g/mol. The molecule has 27 heavy (non-hydrogen) atoms. The molecule has 4 heteroatoms. The number of carbonyl (C=O) groups excluding carboxylic acids is 1. The van der Waals surface area contributed by atoms with Gasteiger partial charge in [0.05, 0.1) is 6.10 Å². The Morgan fingerprint density at radius 2 is 2.00 bits per heavy atom. The highest BCUT2D eigenvalue weighted by atomic mass is 16.3. The van der Waals surface area contributed by atoms with E-state index in [9.17, 15) is 20.1 Å². The van der Waals surface area contributed by atoms with Gasteiger partial charge in [0.2, 0.25) is 0 Å². The topological polar surface area (TPSA) is 77.8 Å². The van der Waals surface area contributed by atoms with E-state index in [1.165, 1.54) is 11.1 Å². The van der Waals surface area contributed by atoms with Gasteiger partial charge < -0.3 is 15.3 Å². The predicted molar refractivity (Wildman–Crippen MR) is 104 cm³/mol. The predicted octanol–water partition coefficient (Wildman–Crippen LogP) is 3.16. The third-order valence-corrected chi connectivity index (χ3v) is 9.09. The third-order valence-electron chi connectivity index (χ3n) is 9.09. The first-order valence-electron chi connectivity index (χ1n) is 10.6. The fraction of sp³-hybridized carbons (Fsp3) is 0.783. The zero-order valence-electron chi connectivity index (χ0n) is 16.9. The molecule has 0 aliphatic heterocycles. The fourth-order valence-corrected chi connectivity index (χ4v) is 7.56. The van der Waals surface area contributed by atoms with Crippen molar-refractivity contribution in [3.63, 3.8) is 0 Å². The summed E-state index contributed by atoms with van der Waals surface area (Å²) in [5, 5.41) is 32.0. The summed E-state index contributed by atoms with van der Waals surface area (Å²) in [5.74, 6) is 0.276. The van der Waals surface area contributed by atoms with Gasteiger partial charge in [-0.25, -0.2) is 0 Å². The Balaban J connectivity index is 1.72. The molecule has 4 rings (SSSR count). The second-order valence-electron chi connectivity index (χ2n) is 9.95. The summed E-state index contributed by atoms with van der Waals surface area (Å²) in [4.78, 5) is 12.4. The Labute approximate surface area is 162 Å². The molecule has 3 N–H and O–H groups in total. The molecular weight excluding hydrogens is 340 g/mol. The van der Waals surface area contributed by atoms with Crippen LogP contribution in [0.25, 0.3) is 0 Å². The second kappa shape index (κ2) is 6.27. The molecule has 0 spiro atoms. The van der Waals surface area contributed by atoms with E-state index in [1.807, 2.05) is 6.92 Å². The first-order chi connectivity index (χ1) is 12.7. The number of hydrogen-bond acceptors (Lipinski definition) is 4. The van der Waals surface area contributed by atoms with Crippen LogP contribution in [0.15, 0.2) is 23.3 Å². The number of Topliss-reactive ketones (excluding diaryl/α,β-unsaturated/α-hetero) is 1. The zero-order valence-corrected chi connectivity index (χ0v) is 16.9. The fourth-order valence-electron chi connectivity index (χ4n) is 7.56. The molecule has 0 saturated heterocycles. The van der Waals surface area contributed by atoms with Crippen molar-refractivity contribution in [2.24, 2.45) is 28.6 Å². The largest absolute Gasteiger partial charge is 0.393 e. The standard InChI is InChI=1S/C23H34O4/c1-4-14-7-9-21(2)15(11-14)5-6-16-17-8-10-23(27,19(26)13-24)22(17,3)12-18(25)20(16)21/h4,11,16-18,20,24-25,27H,5-10,12-13H2,1-3H3/b14-4+/t16-,17-,18-,20+,21-,22-,23-/m0/s1. The summed E-state index contributed by atoms with van der Waals surface area (Å²) in [7, 11) is 0. The van der Waals surface area contributed by atoms with Gasteiger partial charge in [-0.3, -0.25) is 4.79 Å². The second-order valence-corrected chi connectivity index (χ2v) is 9.95. The zero-order chi connectivity index (χ0) is 19.6. The number of carbonyl (C=O) groups is 1. The highest BCUT2D eigenvalue weighted by Gasteiger charge is 2.68. The average Bonchev–Trinajstić information content (AvgIpc) is 2.91. The molecule has 0 unspecified atom stereocenters. The van der Waals surface area contributed by atoms with Crippen LogP contribution in [0.2, 0.25) is 0 Å². The van der Waals surface area contributed by atoms with E-state index < -0.39 is 29.5 Å².